The average molecular weight is 121 g/mol. The van der Waals surface area contributed by atoms with Crippen molar-refractivity contribution in [3.8, 4) is 0 Å². The van der Waals surface area contributed by atoms with Crippen LogP contribution in [0.3, 0.4) is 0 Å². The van der Waals surface area contributed by atoms with Gasteiger partial charge in [-0.25, -0.2) is 0 Å². The average Bonchev–Trinajstić information content (AvgIpc) is 1.90. The molecule has 0 aromatic heterocycles. The summed E-state index contributed by atoms with van der Waals surface area (Å²) in [4.78, 5) is 4.48. The zero-order valence-corrected chi connectivity index (χ0v) is 5.67. The van der Waals surface area contributed by atoms with Crippen molar-refractivity contribution in [2.45, 2.75) is 25.8 Å². The maximum absolute atomic E-state index is 4.48. The van der Waals surface area contributed by atoms with E-state index in [4.69, 9.17) is 0 Å². The molecule has 0 saturated heterocycles. The van der Waals surface area contributed by atoms with Crippen molar-refractivity contribution in [1.29, 1.82) is 0 Å². The van der Waals surface area contributed by atoms with Gasteiger partial charge < -0.3 is 0 Å². The summed E-state index contributed by atoms with van der Waals surface area (Å²) in [6.45, 7) is 2.14. The predicted molar refractivity (Wildman–Crippen MR) is 38.8 cm³/mol. The third-order valence-corrected chi connectivity index (χ3v) is 2.25. The lowest BCUT2D eigenvalue weighted by molar-refractivity contribution is 0.557. The minimum absolute atomic E-state index is 0.537. The maximum Gasteiger partial charge on any atom is 0.0679 e. The van der Waals surface area contributed by atoms with Gasteiger partial charge in [0.05, 0.1) is 6.04 Å². The number of hydrogen-bond acceptors (Lipinski definition) is 1. The Morgan fingerprint density at radius 3 is 2.56 bits per heavy atom. The molecule has 2 bridgehead atoms. The van der Waals surface area contributed by atoms with Gasteiger partial charge in [-0.1, -0.05) is 12.2 Å². The Hall–Kier alpha value is -0.590. The molecule has 0 saturated carbocycles. The number of allylic oxidation sites excluding steroid dienone is 1. The summed E-state index contributed by atoms with van der Waals surface area (Å²) in [5.74, 6) is 0.690. The van der Waals surface area contributed by atoms with Crippen LogP contribution in [0.25, 0.3) is 0 Å². The van der Waals surface area contributed by atoms with Crippen LogP contribution in [-0.2, 0) is 0 Å². The molecule has 2 aliphatic heterocycles. The Bertz CT molecular complexity index is 179. The van der Waals surface area contributed by atoms with Gasteiger partial charge in [0.2, 0.25) is 0 Å². The van der Waals surface area contributed by atoms with Gasteiger partial charge in [0.25, 0.3) is 0 Å². The van der Waals surface area contributed by atoms with Gasteiger partial charge in [-0.15, -0.1) is 0 Å². The molecule has 0 N–H and O–H groups in total. The molecule has 0 spiro atoms. The normalized spacial score (nSPS) is 39.0. The van der Waals surface area contributed by atoms with E-state index < -0.39 is 0 Å². The van der Waals surface area contributed by atoms with E-state index >= 15 is 0 Å². The summed E-state index contributed by atoms with van der Waals surface area (Å²) in [6.07, 6.45) is 7.15. The highest BCUT2D eigenvalue weighted by molar-refractivity contribution is 5.87. The highest BCUT2D eigenvalue weighted by atomic mass is 14.8. The van der Waals surface area contributed by atoms with Crippen LogP contribution in [0.2, 0.25) is 0 Å². The van der Waals surface area contributed by atoms with Gasteiger partial charge in [0.15, 0.2) is 0 Å². The fourth-order valence-electron chi connectivity index (χ4n) is 1.62. The van der Waals surface area contributed by atoms with E-state index in [0.29, 0.717) is 12.0 Å². The minimum Gasteiger partial charge on any atom is -0.286 e. The molecule has 48 valence electrons. The topological polar surface area (TPSA) is 12.4 Å². The molecule has 2 atom stereocenters. The van der Waals surface area contributed by atoms with Gasteiger partial charge in [0, 0.05) is 11.6 Å². The van der Waals surface area contributed by atoms with E-state index in [-0.39, 0.29) is 0 Å². The molecule has 1 nitrogen and oxygen atoms in total. The van der Waals surface area contributed by atoms with Gasteiger partial charge in [-0.05, 0) is 19.8 Å². The number of rotatable bonds is 0. The second kappa shape index (κ2) is 1.69. The third-order valence-electron chi connectivity index (χ3n) is 2.25. The summed E-state index contributed by atoms with van der Waals surface area (Å²) in [6, 6.07) is 0.537. The Morgan fingerprint density at radius 2 is 2.33 bits per heavy atom. The van der Waals surface area contributed by atoms with Crippen molar-refractivity contribution < 1.29 is 0 Å². The first-order chi connectivity index (χ1) is 4.36. The summed E-state index contributed by atoms with van der Waals surface area (Å²) < 4.78 is 0. The highest BCUT2D eigenvalue weighted by Crippen LogP contribution is 2.26. The van der Waals surface area contributed by atoms with E-state index in [1.165, 1.54) is 18.6 Å². The minimum atomic E-state index is 0.537. The molecule has 3 rings (SSSR count). The molecule has 0 fully saturated rings. The molecule has 2 unspecified atom stereocenters. The van der Waals surface area contributed by atoms with Crippen LogP contribution >= 0.6 is 0 Å². The van der Waals surface area contributed by atoms with Crippen LogP contribution in [0.5, 0.6) is 0 Å². The third kappa shape index (κ3) is 0.716. The van der Waals surface area contributed by atoms with Crippen LogP contribution < -0.4 is 0 Å². The van der Waals surface area contributed by atoms with Crippen LogP contribution in [0.1, 0.15) is 19.8 Å². The van der Waals surface area contributed by atoms with Gasteiger partial charge >= 0.3 is 0 Å². The molecule has 0 aromatic rings. The standard InChI is InChI=1S/C8H11N/c1-6-7-2-4-8(9-6)5-3-7/h2,4,7-8H,3,5H2,1H3. The first-order valence-electron chi connectivity index (χ1n) is 3.59. The largest absolute Gasteiger partial charge is 0.286 e. The van der Waals surface area contributed by atoms with Crippen molar-refractivity contribution in [3.63, 3.8) is 0 Å². The lowest BCUT2D eigenvalue weighted by Gasteiger charge is -2.27. The first-order valence-corrected chi connectivity index (χ1v) is 3.59. The van der Waals surface area contributed by atoms with Gasteiger partial charge in [-0.2, -0.15) is 0 Å². The summed E-state index contributed by atoms with van der Waals surface area (Å²) in [5, 5.41) is 0. The molecule has 1 aliphatic carbocycles. The fraction of sp³-hybridized carbons (Fsp3) is 0.625. The molecular formula is C8H11N. The number of aliphatic imine (C=N–C) groups is 1. The number of fused-ring (bicyclic) bond motifs is 1. The van der Waals surface area contributed by atoms with Crippen LogP contribution in [0, 0.1) is 5.92 Å². The van der Waals surface area contributed by atoms with Gasteiger partial charge in [0.1, 0.15) is 0 Å². The zero-order valence-electron chi connectivity index (χ0n) is 5.67. The van der Waals surface area contributed by atoms with E-state index in [1.807, 2.05) is 0 Å². The van der Waals surface area contributed by atoms with Crippen molar-refractivity contribution in [2.75, 3.05) is 0 Å². The SMILES string of the molecule is CC1=NC2C=CC1CC2. The van der Waals surface area contributed by atoms with Crippen molar-refractivity contribution in [2.24, 2.45) is 10.9 Å². The summed E-state index contributed by atoms with van der Waals surface area (Å²) in [7, 11) is 0. The Balaban J connectivity index is 2.34. The molecule has 0 radical (unpaired) electrons. The number of dihydropyridines is 1. The summed E-state index contributed by atoms with van der Waals surface area (Å²) in [5.41, 5.74) is 1.34. The lowest BCUT2D eigenvalue weighted by atomic mass is 9.86. The van der Waals surface area contributed by atoms with E-state index in [0.717, 1.165) is 0 Å². The second-order valence-corrected chi connectivity index (χ2v) is 2.91. The van der Waals surface area contributed by atoms with Crippen LogP contribution in [0.4, 0.5) is 0 Å². The zero-order chi connectivity index (χ0) is 6.27. The molecule has 3 aliphatic rings. The monoisotopic (exact) mass is 121 g/mol. The molecule has 1 heteroatoms. The fourth-order valence-corrected chi connectivity index (χ4v) is 1.62. The van der Waals surface area contributed by atoms with Crippen LogP contribution in [-0.4, -0.2) is 11.8 Å². The first kappa shape index (κ1) is 5.21. The van der Waals surface area contributed by atoms with Crippen molar-refractivity contribution >= 4 is 5.71 Å². The summed E-state index contributed by atoms with van der Waals surface area (Å²) >= 11 is 0. The maximum atomic E-state index is 4.48. The molecule has 0 amide bonds. The Kier molecular flexibility index (Phi) is 0.981. The number of hydrogen-bond donors (Lipinski definition) is 0. The quantitative estimate of drug-likeness (QED) is 0.433. The molecule has 9 heavy (non-hydrogen) atoms. The van der Waals surface area contributed by atoms with E-state index in [1.54, 1.807) is 0 Å². The van der Waals surface area contributed by atoms with E-state index in [9.17, 15) is 0 Å². The number of nitrogens with zero attached hydrogens (tertiary/aromatic N) is 1. The molecule has 2 heterocycles. The molecule has 0 aromatic carbocycles. The second-order valence-electron chi connectivity index (χ2n) is 2.91. The van der Waals surface area contributed by atoms with Crippen molar-refractivity contribution in [3.05, 3.63) is 12.2 Å². The molecular weight excluding hydrogens is 110 g/mol. The van der Waals surface area contributed by atoms with Crippen molar-refractivity contribution in [1.82, 2.24) is 0 Å². The Labute approximate surface area is 55.5 Å². The van der Waals surface area contributed by atoms with E-state index in [2.05, 4.69) is 24.1 Å². The smallest absolute Gasteiger partial charge is 0.0679 e. The van der Waals surface area contributed by atoms with Crippen LogP contribution in [0.15, 0.2) is 17.1 Å². The predicted octanol–water partition coefficient (Wildman–Crippen LogP) is 1.80. The Morgan fingerprint density at radius 1 is 1.44 bits per heavy atom. The lowest BCUT2D eigenvalue weighted by Crippen LogP contribution is -2.24. The van der Waals surface area contributed by atoms with Gasteiger partial charge in [-0.3, -0.25) is 4.99 Å². The highest BCUT2D eigenvalue weighted by Gasteiger charge is 2.22.